The molecule has 1 aromatic rings. The fourth-order valence-electron chi connectivity index (χ4n) is 2.68. The summed E-state index contributed by atoms with van der Waals surface area (Å²) in [6.45, 7) is 11.5. The van der Waals surface area contributed by atoms with E-state index in [-0.39, 0.29) is 5.91 Å². The van der Waals surface area contributed by atoms with Crippen molar-refractivity contribution in [1.82, 2.24) is 9.47 Å². The Bertz CT molecular complexity index is 625. The summed E-state index contributed by atoms with van der Waals surface area (Å²) in [5.74, 6) is -0.379. The van der Waals surface area contributed by atoms with Crippen molar-refractivity contribution in [2.75, 3.05) is 13.1 Å². The van der Waals surface area contributed by atoms with Gasteiger partial charge in [-0.15, -0.1) is 0 Å². The van der Waals surface area contributed by atoms with Gasteiger partial charge in [-0.2, -0.15) is 0 Å². The lowest BCUT2D eigenvalue weighted by Gasteiger charge is -2.32. The highest BCUT2D eigenvalue weighted by molar-refractivity contribution is 5.92. The maximum absolute atomic E-state index is 11.3. The monoisotopic (exact) mass is 300 g/mol. The van der Waals surface area contributed by atoms with Crippen molar-refractivity contribution in [2.24, 2.45) is 10.7 Å². The molecular weight excluding hydrogens is 276 g/mol. The lowest BCUT2D eigenvalue weighted by atomic mass is 10.1. The van der Waals surface area contributed by atoms with Gasteiger partial charge in [0.25, 0.3) is 0 Å². The molecule has 0 unspecified atom stereocenters. The van der Waals surface area contributed by atoms with Crippen LogP contribution in [0.3, 0.4) is 0 Å². The molecule has 5 heteroatoms. The van der Waals surface area contributed by atoms with Gasteiger partial charge in [0.15, 0.2) is 0 Å². The Morgan fingerprint density at radius 3 is 2.91 bits per heavy atom. The van der Waals surface area contributed by atoms with Crippen molar-refractivity contribution >= 4 is 12.1 Å². The zero-order chi connectivity index (χ0) is 16.1. The molecule has 0 saturated heterocycles. The molecule has 1 amide bonds. The van der Waals surface area contributed by atoms with Crippen LogP contribution >= 0.6 is 0 Å². The third kappa shape index (κ3) is 3.47. The number of primary amides is 1. The molecule has 1 aliphatic heterocycles. The average Bonchev–Trinajstić information content (AvgIpc) is 2.92. The second-order valence-electron chi connectivity index (χ2n) is 5.43. The van der Waals surface area contributed by atoms with Crippen LogP contribution in [0.4, 0.5) is 0 Å². The molecule has 0 fully saturated rings. The predicted octanol–water partition coefficient (Wildman–Crippen LogP) is 2.34. The molecule has 5 nitrogen and oxygen atoms in total. The number of allylic oxidation sites excluding steroid dienone is 2. The van der Waals surface area contributed by atoms with E-state index >= 15 is 0 Å². The van der Waals surface area contributed by atoms with Crippen LogP contribution in [-0.4, -0.2) is 34.7 Å². The minimum Gasteiger partial charge on any atom is -0.366 e. The van der Waals surface area contributed by atoms with E-state index in [9.17, 15) is 4.79 Å². The summed E-state index contributed by atoms with van der Waals surface area (Å²) in [6, 6.07) is 1.87. The summed E-state index contributed by atoms with van der Waals surface area (Å²) in [6.07, 6.45) is 6.78. The van der Waals surface area contributed by atoms with E-state index in [1.807, 2.05) is 25.4 Å². The van der Waals surface area contributed by atoms with Crippen molar-refractivity contribution in [3.63, 3.8) is 0 Å². The maximum Gasteiger partial charge on any atom is 0.250 e. The summed E-state index contributed by atoms with van der Waals surface area (Å²) in [5.41, 5.74) is 9.03. The van der Waals surface area contributed by atoms with Crippen molar-refractivity contribution in [3.8, 4) is 0 Å². The second kappa shape index (κ2) is 7.11. The molecule has 1 aliphatic rings. The Kier molecular flexibility index (Phi) is 5.20. The van der Waals surface area contributed by atoms with Crippen LogP contribution in [0.1, 0.15) is 36.3 Å². The number of rotatable bonds is 6. The van der Waals surface area contributed by atoms with Gasteiger partial charge >= 0.3 is 0 Å². The van der Waals surface area contributed by atoms with Crippen molar-refractivity contribution in [2.45, 2.75) is 33.4 Å². The molecule has 2 N–H and O–H groups in total. The van der Waals surface area contributed by atoms with E-state index in [1.54, 1.807) is 0 Å². The fourth-order valence-corrected chi connectivity index (χ4v) is 2.68. The summed E-state index contributed by atoms with van der Waals surface area (Å²) in [7, 11) is 0. The summed E-state index contributed by atoms with van der Waals surface area (Å²) >= 11 is 0. The van der Waals surface area contributed by atoms with Gasteiger partial charge in [-0.25, -0.2) is 0 Å². The third-order valence-electron chi connectivity index (χ3n) is 3.78. The number of fused-ring (bicyclic) bond motifs is 1. The van der Waals surface area contributed by atoms with Crippen LogP contribution < -0.4 is 5.73 Å². The Labute approximate surface area is 131 Å². The molecular formula is C17H24N4O. The first-order valence-electron chi connectivity index (χ1n) is 7.66. The number of nitrogens with zero attached hydrogens (tertiary/aromatic N) is 3. The smallest absolute Gasteiger partial charge is 0.250 e. The number of amides is 1. The first-order chi connectivity index (χ1) is 10.6. The quantitative estimate of drug-likeness (QED) is 0.647. The summed E-state index contributed by atoms with van der Waals surface area (Å²) < 4.78 is 2.10. The number of carbonyl (C=O) groups excluding carboxylic acids is 1. The molecule has 22 heavy (non-hydrogen) atoms. The van der Waals surface area contributed by atoms with E-state index in [4.69, 9.17) is 5.73 Å². The standard InChI is InChI=1S/C17H24N4O/c1-4-6-19-10-13(3)16(5-2)21-8-7-20-11-14(17(18)22)9-15(20)12-21/h5,9-11H,3-4,6-8,12H2,1-2H3,(H2,18,22). The third-order valence-corrected chi connectivity index (χ3v) is 3.78. The first-order valence-corrected chi connectivity index (χ1v) is 7.66. The topological polar surface area (TPSA) is 63.6 Å². The molecule has 0 aliphatic carbocycles. The van der Waals surface area contributed by atoms with Gasteiger partial charge in [0.05, 0.1) is 12.1 Å². The number of aliphatic imine (C=N–C) groups is 1. The minimum atomic E-state index is -0.379. The molecule has 0 aromatic carbocycles. The van der Waals surface area contributed by atoms with Crippen LogP contribution in [0.15, 0.2) is 41.2 Å². The first kappa shape index (κ1) is 16.1. The average molecular weight is 300 g/mol. The molecule has 0 atom stereocenters. The molecule has 2 heterocycles. The number of hydrogen-bond acceptors (Lipinski definition) is 3. The van der Waals surface area contributed by atoms with Crippen LogP contribution in [-0.2, 0) is 13.1 Å². The van der Waals surface area contributed by atoms with Gasteiger partial charge in [0.2, 0.25) is 5.91 Å². The molecule has 1 aromatic heterocycles. The van der Waals surface area contributed by atoms with E-state index in [1.165, 1.54) is 0 Å². The fraction of sp³-hybridized carbons (Fsp3) is 0.412. The number of carbonyl (C=O) groups is 1. The zero-order valence-electron chi connectivity index (χ0n) is 13.4. The SMILES string of the molecule is C=C(C=NCCC)C(=CC)N1CCn2cc(C(N)=O)cc2C1. The van der Waals surface area contributed by atoms with E-state index in [0.717, 1.165) is 49.6 Å². The molecule has 118 valence electrons. The van der Waals surface area contributed by atoms with Gasteiger partial charge in [0.1, 0.15) is 0 Å². The maximum atomic E-state index is 11.3. The highest BCUT2D eigenvalue weighted by atomic mass is 16.1. The number of aromatic nitrogens is 1. The van der Waals surface area contributed by atoms with Crippen LogP contribution in [0.25, 0.3) is 0 Å². The normalized spacial score (nSPS) is 15.2. The highest BCUT2D eigenvalue weighted by Crippen LogP contribution is 2.22. The van der Waals surface area contributed by atoms with Gasteiger partial charge in [-0.3, -0.25) is 9.79 Å². The van der Waals surface area contributed by atoms with Gasteiger partial charge < -0.3 is 15.2 Å². The molecule has 2 rings (SSSR count). The summed E-state index contributed by atoms with van der Waals surface area (Å²) in [5, 5.41) is 0. The Balaban J connectivity index is 2.12. The van der Waals surface area contributed by atoms with Crippen LogP contribution in [0.2, 0.25) is 0 Å². The molecule has 0 radical (unpaired) electrons. The van der Waals surface area contributed by atoms with Gasteiger partial charge in [-0.05, 0) is 19.4 Å². The largest absolute Gasteiger partial charge is 0.366 e. The van der Waals surface area contributed by atoms with Crippen LogP contribution in [0.5, 0.6) is 0 Å². The lowest BCUT2D eigenvalue weighted by Crippen LogP contribution is -2.33. The molecule has 0 saturated carbocycles. The van der Waals surface area contributed by atoms with Crippen molar-refractivity contribution in [3.05, 3.63) is 47.4 Å². The zero-order valence-corrected chi connectivity index (χ0v) is 13.4. The summed E-state index contributed by atoms with van der Waals surface area (Å²) in [4.78, 5) is 17.9. The number of hydrogen-bond donors (Lipinski definition) is 1. The van der Waals surface area contributed by atoms with Gasteiger partial charge in [0, 0.05) is 49.0 Å². The van der Waals surface area contributed by atoms with Crippen molar-refractivity contribution < 1.29 is 4.79 Å². The second-order valence-corrected chi connectivity index (χ2v) is 5.43. The van der Waals surface area contributed by atoms with Gasteiger partial charge in [-0.1, -0.05) is 19.6 Å². The molecule has 0 spiro atoms. The Morgan fingerprint density at radius 2 is 2.27 bits per heavy atom. The van der Waals surface area contributed by atoms with Crippen LogP contribution in [0, 0.1) is 0 Å². The Hall–Kier alpha value is -2.30. The Morgan fingerprint density at radius 1 is 1.50 bits per heavy atom. The molecule has 0 bridgehead atoms. The van der Waals surface area contributed by atoms with E-state index in [0.29, 0.717) is 5.56 Å². The predicted molar refractivity (Wildman–Crippen MR) is 89.9 cm³/mol. The van der Waals surface area contributed by atoms with E-state index < -0.39 is 0 Å². The highest BCUT2D eigenvalue weighted by Gasteiger charge is 2.20. The number of nitrogens with two attached hydrogens (primary N) is 1. The lowest BCUT2D eigenvalue weighted by molar-refractivity contribution is 0.1000. The van der Waals surface area contributed by atoms with E-state index in [2.05, 4.69) is 34.0 Å². The minimum absolute atomic E-state index is 0.379. The van der Waals surface area contributed by atoms with Crippen molar-refractivity contribution in [1.29, 1.82) is 0 Å².